The van der Waals surface area contributed by atoms with Gasteiger partial charge in [-0.1, -0.05) is 33.8 Å². The Labute approximate surface area is 130 Å². The fraction of sp³-hybridized carbons (Fsp3) is 0.667. The largest absolute Gasteiger partial charge is 0.493 e. The van der Waals surface area contributed by atoms with Crippen molar-refractivity contribution in [3.8, 4) is 11.5 Å². The van der Waals surface area contributed by atoms with Gasteiger partial charge in [-0.25, -0.2) is 0 Å². The van der Waals surface area contributed by atoms with Gasteiger partial charge in [0.15, 0.2) is 0 Å². The third kappa shape index (κ3) is 6.85. The molecular weight excluding hydrogens is 262 g/mol. The summed E-state index contributed by atoms with van der Waals surface area (Å²) in [6.45, 7) is 13.4. The molecule has 0 radical (unpaired) electrons. The van der Waals surface area contributed by atoms with Gasteiger partial charge < -0.3 is 14.8 Å². The second-order valence-electron chi connectivity index (χ2n) is 5.98. The summed E-state index contributed by atoms with van der Waals surface area (Å²) in [7, 11) is 0. The van der Waals surface area contributed by atoms with E-state index in [9.17, 15) is 0 Å². The number of ether oxygens (including phenoxy) is 2. The van der Waals surface area contributed by atoms with Gasteiger partial charge >= 0.3 is 0 Å². The highest BCUT2D eigenvalue weighted by molar-refractivity contribution is 5.41. The molecule has 0 bridgehead atoms. The molecule has 120 valence electrons. The molecule has 0 amide bonds. The van der Waals surface area contributed by atoms with Crippen LogP contribution >= 0.6 is 0 Å². The zero-order valence-corrected chi connectivity index (χ0v) is 14.2. The lowest BCUT2D eigenvalue weighted by atomic mass is 10.1. The number of rotatable bonds is 10. The maximum atomic E-state index is 6.05. The summed E-state index contributed by atoms with van der Waals surface area (Å²) in [5.41, 5.74) is 1.19. The molecule has 3 heteroatoms. The Bertz CT molecular complexity index is 404. The Morgan fingerprint density at radius 2 is 1.90 bits per heavy atom. The zero-order valence-electron chi connectivity index (χ0n) is 14.2. The smallest absolute Gasteiger partial charge is 0.127 e. The van der Waals surface area contributed by atoms with Gasteiger partial charge in [-0.3, -0.25) is 0 Å². The SMILES string of the molecule is CCCOc1ccc(CNCC(C)C)c(OC(C)CC)c1. The van der Waals surface area contributed by atoms with E-state index < -0.39 is 0 Å². The first kappa shape index (κ1) is 17.8. The van der Waals surface area contributed by atoms with Crippen LogP contribution in [0.25, 0.3) is 0 Å². The van der Waals surface area contributed by atoms with Crippen LogP contribution in [0.3, 0.4) is 0 Å². The number of hydrogen-bond donors (Lipinski definition) is 1. The van der Waals surface area contributed by atoms with E-state index in [4.69, 9.17) is 9.47 Å². The third-order valence-corrected chi connectivity index (χ3v) is 3.28. The van der Waals surface area contributed by atoms with Crippen LogP contribution in [0.2, 0.25) is 0 Å². The molecule has 3 nitrogen and oxygen atoms in total. The molecule has 0 aromatic heterocycles. The summed E-state index contributed by atoms with van der Waals surface area (Å²) in [6.07, 6.45) is 2.23. The van der Waals surface area contributed by atoms with E-state index in [0.717, 1.165) is 44.0 Å². The molecule has 0 saturated heterocycles. The summed E-state index contributed by atoms with van der Waals surface area (Å²) in [5, 5.41) is 3.47. The second kappa shape index (κ2) is 9.67. The van der Waals surface area contributed by atoms with Crippen LogP contribution in [-0.2, 0) is 6.54 Å². The molecule has 0 fully saturated rings. The van der Waals surface area contributed by atoms with Gasteiger partial charge in [0.25, 0.3) is 0 Å². The van der Waals surface area contributed by atoms with E-state index in [1.165, 1.54) is 5.56 Å². The van der Waals surface area contributed by atoms with Gasteiger partial charge in [0.1, 0.15) is 11.5 Å². The molecule has 1 N–H and O–H groups in total. The summed E-state index contributed by atoms with van der Waals surface area (Å²) < 4.78 is 11.8. The molecule has 21 heavy (non-hydrogen) atoms. The van der Waals surface area contributed by atoms with Crippen molar-refractivity contribution in [3.63, 3.8) is 0 Å². The van der Waals surface area contributed by atoms with Crippen LogP contribution in [0.15, 0.2) is 18.2 Å². The van der Waals surface area contributed by atoms with Crippen molar-refractivity contribution in [2.24, 2.45) is 5.92 Å². The van der Waals surface area contributed by atoms with Crippen LogP contribution in [-0.4, -0.2) is 19.3 Å². The fourth-order valence-corrected chi connectivity index (χ4v) is 1.90. The second-order valence-corrected chi connectivity index (χ2v) is 5.98. The first-order valence-corrected chi connectivity index (χ1v) is 8.19. The molecular formula is C18H31NO2. The quantitative estimate of drug-likeness (QED) is 0.693. The van der Waals surface area contributed by atoms with E-state index in [0.29, 0.717) is 5.92 Å². The van der Waals surface area contributed by atoms with E-state index in [-0.39, 0.29) is 6.10 Å². The molecule has 0 aliphatic rings. The van der Waals surface area contributed by atoms with Gasteiger partial charge in [-0.2, -0.15) is 0 Å². The minimum Gasteiger partial charge on any atom is -0.493 e. The number of nitrogens with one attached hydrogen (secondary N) is 1. The Morgan fingerprint density at radius 3 is 2.52 bits per heavy atom. The van der Waals surface area contributed by atoms with Crippen LogP contribution in [0.4, 0.5) is 0 Å². The molecule has 0 saturated carbocycles. The lowest BCUT2D eigenvalue weighted by molar-refractivity contribution is 0.213. The first-order valence-electron chi connectivity index (χ1n) is 8.19. The first-order chi connectivity index (χ1) is 10.1. The lowest BCUT2D eigenvalue weighted by Crippen LogP contribution is -2.20. The van der Waals surface area contributed by atoms with Crippen molar-refractivity contribution in [1.29, 1.82) is 0 Å². The van der Waals surface area contributed by atoms with Crippen molar-refractivity contribution < 1.29 is 9.47 Å². The maximum absolute atomic E-state index is 6.05. The average Bonchev–Trinajstić information content (AvgIpc) is 2.46. The summed E-state index contributed by atoms with van der Waals surface area (Å²) >= 11 is 0. The van der Waals surface area contributed by atoms with E-state index >= 15 is 0 Å². The highest BCUT2D eigenvalue weighted by atomic mass is 16.5. The van der Waals surface area contributed by atoms with Crippen molar-refractivity contribution in [2.45, 2.75) is 60.1 Å². The molecule has 0 spiro atoms. The van der Waals surface area contributed by atoms with Crippen LogP contribution in [0, 0.1) is 5.92 Å². The fourth-order valence-electron chi connectivity index (χ4n) is 1.90. The molecule has 0 aliphatic heterocycles. The van der Waals surface area contributed by atoms with Crippen molar-refractivity contribution >= 4 is 0 Å². The molecule has 1 atom stereocenters. The predicted octanol–water partition coefficient (Wildman–Crippen LogP) is 4.40. The summed E-state index contributed by atoms with van der Waals surface area (Å²) in [5.74, 6) is 2.48. The minimum absolute atomic E-state index is 0.218. The summed E-state index contributed by atoms with van der Waals surface area (Å²) in [6, 6.07) is 6.16. The third-order valence-electron chi connectivity index (χ3n) is 3.28. The molecule has 1 aromatic carbocycles. The Hall–Kier alpha value is -1.22. The monoisotopic (exact) mass is 293 g/mol. The Kier molecular flexibility index (Phi) is 8.21. The summed E-state index contributed by atoms with van der Waals surface area (Å²) in [4.78, 5) is 0. The van der Waals surface area contributed by atoms with Gasteiger partial charge in [-0.05, 0) is 38.3 Å². The maximum Gasteiger partial charge on any atom is 0.127 e. The van der Waals surface area contributed by atoms with E-state index in [1.54, 1.807) is 0 Å². The van der Waals surface area contributed by atoms with Gasteiger partial charge in [0.2, 0.25) is 0 Å². The minimum atomic E-state index is 0.218. The normalized spacial score (nSPS) is 12.5. The molecule has 0 heterocycles. The predicted molar refractivity (Wildman–Crippen MR) is 89.2 cm³/mol. The topological polar surface area (TPSA) is 30.5 Å². The molecule has 0 aliphatic carbocycles. The van der Waals surface area contributed by atoms with Gasteiger partial charge in [0, 0.05) is 18.2 Å². The van der Waals surface area contributed by atoms with Crippen molar-refractivity contribution in [3.05, 3.63) is 23.8 Å². The van der Waals surface area contributed by atoms with Crippen LogP contribution in [0.1, 0.15) is 53.0 Å². The molecule has 1 aromatic rings. The Balaban J connectivity index is 2.78. The highest BCUT2D eigenvalue weighted by Gasteiger charge is 2.09. The number of hydrogen-bond acceptors (Lipinski definition) is 3. The van der Waals surface area contributed by atoms with E-state index in [2.05, 4.69) is 46.0 Å². The highest BCUT2D eigenvalue weighted by Crippen LogP contribution is 2.26. The van der Waals surface area contributed by atoms with E-state index in [1.807, 2.05) is 12.1 Å². The standard InChI is InChI=1S/C18H31NO2/c1-6-10-20-17-9-8-16(13-19-12-14(3)4)18(11-17)21-15(5)7-2/h8-9,11,14-15,19H,6-7,10,12-13H2,1-5H3. The molecule has 1 rings (SSSR count). The lowest BCUT2D eigenvalue weighted by Gasteiger charge is -2.18. The zero-order chi connectivity index (χ0) is 15.7. The van der Waals surface area contributed by atoms with Gasteiger partial charge in [-0.15, -0.1) is 0 Å². The molecule has 1 unspecified atom stereocenters. The van der Waals surface area contributed by atoms with Crippen molar-refractivity contribution in [1.82, 2.24) is 5.32 Å². The van der Waals surface area contributed by atoms with Crippen LogP contribution in [0.5, 0.6) is 11.5 Å². The van der Waals surface area contributed by atoms with Crippen LogP contribution < -0.4 is 14.8 Å². The van der Waals surface area contributed by atoms with Crippen molar-refractivity contribution in [2.75, 3.05) is 13.2 Å². The Morgan fingerprint density at radius 1 is 1.14 bits per heavy atom. The average molecular weight is 293 g/mol. The van der Waals surface area contributed by atoms with Gasteiger partial charge in [0.05, 0.1) is 12.7 Å². The number of benzene rings is 1.